The van der Waals surface area contributed by atoms with Gasteiger partial charge in [0.15, 0.2) is 10.8 Å². The van der Waals surface area contributed by atoms with E-state index in [2.05, 4.69) is 35.1 Å². The number of aliphatic hydroxyl groups excluding tert-OH is 1. The van der Waals surface area contributed by atoms with Gasteiger partial charge >= 0.3 is 0 Å². The van der Waals surface area contributed by atoms with Gasteiger partial charge in [-0.3, -0.25) is 0 Å². The van der Waals surface area contributed by atoms with Gasteiger partial charge in [0.2, 0.25) is 5.95 Å². The van der Waals surface area contributed by atoms with Crippen molar-refractivity contribution in [1.29, 1.82) is 0 Å². The van der Waals surface area contributed by atoms with Crippen molar-refractivity contribution in [2.24, 2.45) is 0 Å². The summed E-state index contributed by atoms with van der Waals surface area (Å²) in [6, 6.07) is 3.68. The van der Waals surface area contributed by atoms with Crippen molar-refractivity contribution in [3.05, 3.63) is 41.8 Å². The largest absolute Gasteiger partial charge is 0.391 e. The fraction of sp³-hybridized carbons (Fsp3) is 0.389. The van der Waals surface area contributed by atoms with Crippen molar-refractivity contribution in [1.82, 2.24) is 24.9 Å². The second-order valence-electron chi connectivity index (χ2n) is 6.37. The Hall–Kier alpha value is -2.65. The fourth-order valence-corrected chi connectivity index (χ4v) is 3.81. The highest BCUT2D eigenvalue weighted by molar-refractivity contribution is 7.13. The summed E-state index contributed by atoms with van der Waals surface area (Å²) < 4.78 is 0. The summed E-state index contributed by atoms with van der Waals surface area (Å²) in [6.45, 7) is 2.22. The molecular weight excluding hydrogens is 362 g/mol. The van der Waals surface area contributed by atoms with E-state index in [0.29, 0.717) is 24.9 Å². The zero-order valence-corrected chi connectivity index (χ0v) is 15.6. The summed E-state index contributed by atoms with van der Waals surface area (Å²) in [6.07, 6.45) is 7.51. The number of thiazole rings is 1. The Labute approximate surface area is 161 Å². The first kappa shape index (κ1) is 17.7. The van der Waals surface area contributed by atoms with Crippen molar-refractivity contribution in [3.63, 3.8) is 0 Å². The quantitative estimate of drug-likeness (QED) is 0.667. The lowest BCUT2D eigenvalue weighted by atomic mass is 10.1. The van der Waals surface area contributed by atoms with E-state index in [1.807, 2.05) is 11.4 Å². The minimum atomic E-state index is -0.280. The molecule has 0 aromatic carbocycles. The van der Waals surface area contributed by atoms with E-state index >= 15 is 0 Å². The summed E-state index contributed by atoms with van der Waals surface area (Å²) in [7, 11) is 0. The first-order valence-electron chi connectivity index (χ1n) is 8.99. The van der Waals surface area contributed by atoms with Crippen molar-refractivity contribution >= 4 is 23.1 Å². The van der Waals surface area contributed by atoms with Gasteiger partial charge in [-0.25, -0.2) is 19.9 Å². The third-order valence-electron chi connectivity index (χ3n) is 4.33. The molecule has 3 aromatic rings. The predicted molar refractivity (Wildman–Crippen MR) is 105 cm³/mol. The molecule has 1 saturated heterocycles. The third kappa shape index (κ3) is 4.55. The van der Waals surface area contributed by atoms with Crippen LogP contribution >= 0.6 is 11.3 Å². The molecule has 0 radical (unpaired) electrons. The number of hydrogen-bond acceptors (Lipinski definition) is 9. The molecule has 4 heterocycles. The van der Waals surface area contributed by atoms with Gasteiger partial charge in [0, 0.05) is 50.0 Å². The molecule has 1 atom stereocenters. The number of anilines is 2. The molecule has 27 heavy (non-hydrogen) atoms. The van der Waals surface area contributed by atoms with Crippen LogP contribution in [0.15, 0.2) is 36.1 Å². The van der Waals surface area contributed by atoms with Crippen molar-refractivity contribution < 1.29 is 5.11 Å². The molecule has 0 saturated carbocycles. The van der Waals surface area contributed by atoms with Crippen LogP contribution in [0.5, 0.6) is 0 Å². The number of rotatable bonds is 6. The van der Waals surface area contributed by atoms with Crippen LogP contribution in [0.4, 0.5) is 11.8 Å². The van der Waals surface area contributed by atoms with Crippen molar-refractivity contribution in [2.45, 2.75) is 25.4 Å². The van der Waals surface area contributed by atoms with Gasteiger partial charge in [-0.15, -0.1) is 11.3 Å². The summed E-state index contributed by atoms with van der Waals surface area (Å²) in [4.78, 5) is 24.0. The van der Waals surface area contributed by atoms with Crippen LogP contribution in [0, 0.1) is 0 Å². The van der Waals surface area contributed by atoms with Gasteiger partial charge in [-0.05, 0) is 25.0 Å². The molecular formula is C18H21N7OS. The van der Waals surface area contributed by atoms with Gasteiger partial charge in [0.1, 0.15) is 5.82 Å². The SMILES string of the molecule is OC1CCCN(c2ccnc(NCCc3csc(-c4ncccn4)n3)n2)C1. The molecule has 8 nitrogen and oxygen atoms in total. The summed E-state index contributed by atoms with van der Waals surface area (Å²) >= 11 is 1.54. The number of piperidine rings is 1. The highest BCUT2D eigenvalue weighted by Gasteiger charge is 2.19. The Bertz CT molecular complexity index is 873. The average molecular weight is 383 g/mol. The second-order valence-corrected chi connectivity index (χ2v) is 7.23. The van der Waals surface area contributed by atoms with Crippen molar-refractivity contribution in [3.8, 4) is 10.8 Å². The third-order valence-corrected chi connectivity index (χ3v) is 5.22. The van der Waals surface area contributed by atoms with Crippen LogP contribution in [0.2, 0.25) is 0 Å². The van der Waals surface area contributed by atoms with Gasteiger partial charge in [0.25, 0.3) is 0 Å². The number of aliphatic hydroxyl groups is 1. The first-order chi connectivity index (χ1) is 13.3. The Kier molecular flexibility index (Phi) is 5.50. The first-order valence-corrected chi connectivity index (χ1v) is 9.87. The molecule has 0 amide bonds. The van der Waals surface area contributed by atoms with Crippen LogP contribution in [0.1, 0.15) is 18.5 Å². The molecule has 0 spiro atoms. The molecule has 0 bridgehead atoms. The summed E-state index contributed by atoms with van der Waals surface area (Å²) in [5.74, 6) is 2.10. The lowest BCUT2D eigenvalue weighted by Crippen LogP contribution is -2.38. The van der Waals surface area contributed by atoms with Crippen LogP contribution in [0.25, 0.3) is 10.8 Å². The molecule has 140 valence electrons. The number of aromatic nitrogens is 5. The Morgan fingerprint density at radius 1 is 1.19 bits per heavy atom. The van der Waals surface area contributed by atoms with Gasteiger partial charge in [-0.2, -0.15) is 4.98 Å². The monoisotopic (exact) mass is 383 g/mol. The van der Waals surface area contributed by atoms with Crippen molar-refractivity contribution in [2.75, 3.05) is 29.9 Å². The Morgan fingerprint density at radius 2 is 2.07 bits per heavy atom. The van der Waals surface area contributed by atoms with Crippen LogP contribution < -0.4 is 10.2 Å². The van der Waals surface area contributed by atoms with Crippen LogP contribution in [0.3, 0.4) is 0 Å². The van der Waals surface area contributed by atoms with Gasteiger partial charge < -0.3 is 15.3 Å². The maximum absolute atomic E-state index is 9.85. The number of hydrogen-bond donors (Lipinski definition) is 2. The highest BCUT2D eigenvalue weighted by atomic mass is 32.1. The second kappa shape index (κ2) is 8.36. The van der Waals surface area contributed by atoms with E-state index in [9.17, 15) is 5.11 Å². The lowest BCUT2D eigenvalue weighted by molar-refractivity contribution is 0.154. The minimum Gasteiger partial charge on any atom is -0.391 e. The molecule has 1 unspecified atom stereocenters. The molecule has 9 heteroatoms. The van der Waals surface area contributed by atoms with E-state index in [1.165, 1.54) is 0 Å². The topological polar surface area (TPSA) is 100.0 Å². The van der Waals surface area contributed by atoms with E-state index in [4.69, 9.17) is 0 Å². The highest BCUT2D eigenvalue weighted by Crippen LogP contribution is 2.20. The maximum Gasteiger partial charge on any atom is 0.224 e. The number of nitrogens with one attached hydrogen (secondary N) is 1. The molecule has 1 aliphatic rings. The van der Waals surface area contributed by atoms with Gasteiger partial charge in [-0.1, -0.05) is 0 Å². The molecule has 0 aliphatic carbocycles. The molecule has 2 N–H and O–H groups in total. The standard InChI is InChI=1S/C18H21N7OS/c26-14-3-1-10-25(11-14)15-5-9-22-18(24-15)21-8-4-13-12-27-17(23-13)16-19-6-2-7-20-16/h2,5-7,9,12,14,26H,1,3-4,8,10-11H2,(H,21,22,24). The average Bonchev–Trinajstić information content (AvgIpc) is 3.18. The maximum atomic E-state index is 9.85. The normalized spacial score (nSPS) is 17.1. The Morgan fingerprint density at radius 3 is 2.93 bits per heavy atom. The molecule has 4 rings (SSSR count). The van der Waals surface area contributed by atoms with Crippen LogP contribution in [-0.4, -0.2) is 55.8 Å². The number of nitrogens with zero attached hydrogens (tertiary/aromatic N) is 6. The van der Waals surface area contributed by atoms with Crippen LogP contribution in [-0.2, 0) is 6.42 Å². The summed E-state index contributed by atoms with van der Waals surface area (Å²) in [5, 5.41) is 16.0. The minimum absolute atomic E-state index is 0.280. The lowest BCUT2D eigenvalue weighted by Gasteiger charge is -2.31. The fourth-order valence-electron chi connectivity index (χ4n) is 3.01. The smallest absolute Gasteiger partial charge is 0.224 e. The van der Waals surface area contributed by atoms with E-state index in [0.717, 1.165) is 42.3 Å². The summed E-state index contributed by atoms with van der Waals surface area (Å²) in [5.41, 5.74) is 0.991. The van der Waals surface area contributed by atoms with E-state index < -0.39 is 0 Å². The molecule has 1 fully saturated rings. The zero-order chi connectivity index (χ0) is 18.5. The van der Waals surface area contributed by atoms with Gasteiger partial charge in [0.05, 0.1) is 11.8 Å². The Balaban J connectivity index is 1.33. The predicted octanol–water partition coefficient (Wildman–Crippen LogP) is 2.01. The van der Waals surface area contributed by atoms with E-state index in [-0.39, 0.29) is 6.10 Å². The molecule has 1 aliphatic heterocycles. The zero-order valence-electron chi connectivity index (χ0n) is 14.8. The molecule has 3 aromatic heterocycles. The van der Waals surface area contributed by atoms with E-state index in [1.54, 1.807) is 36.0 Å². The number of β-amino-alcohol motifs (C(OH)–C–C–N with tert-alkyl or cyclic N) is 1.